The van der Waals surface area contributed by atoms with Gasteiger partial charge in [0.05, 0.1) is 0 Å². The van der Waals surface area contributed by atoms with E-state index in [1.807, 2.05) is 18.2 Å². The highest BCUT2D eigenvalue weighted by atomic mass is 16.6. The average Bonchev–Trinajstić information content (AvgIpc) is 3.50. The summed E-state index contributed by atoms with van der Waals surface area (Å²) in [5.41, 5.74) is 2.26. The Morgan fingerprint density at radius 3 is 2.30 bits per heavy atom. The summed E-state index contributed by atoms with van der Waals surface area (Å²) < 4.78 is 5.79. The highest BCUT2D eigenvalue weighted by Gasteiger charge is 2.64. The summed E-state index contributed by atoms with van der Waals surface area (Å²) in [7, 11) is 0. The Morgan fingerprint density at radius 1 is 0.830 bits per heavy atom. The molecule has 5 nitrogen and oxygen atoms in total. The number of ether oxygens (including phenoxy) is 1. The van der Waals surface area contributed by atoms with Crippen molar-refractivity contribution in [2.24, 2.45) is 46.3 Å². The standard InChI is InChI=1S/C22H28O3.C20H24O2/c1-4-22(25-14(2)23)12-10-20-19-7-5-15-13-16(24)6-8-17(15)18(19)9-11-21(20,22)3;1-3-20(22)11-9-18-17-6-4-13-12-14(21)5-7-15(13)16(17)8-10-19(18,20)2/h1,13,17-20H,5-12H2,2-3H3;1,5,7,12,16-18,21-22H,4,6,8-11H2,2H3/t17?,18-,19-,20+,21+,22+;16-,17-,18+,19+,20+/m11/s1. The Kier molecular flexibility index (Phi) is 7.99. The van der Waals surface area contributed by atoms with Gasteiger partial charge in [-0.15, -0.1) is 12.8 Å². The van der Waals surface area contributed by atoms with E-state index in [9.17, 15) is 19.8 Å². The molecule has 0 aliphatic heterocycles. The van der Waals surface area contributed by atoms with Gasteiger partial charge in [0.15, 0.2) is 11.4 Å². The second kappa shape index (κ2) is 11.6. The molecular weight excluding hydrogens is 584 g/mol. The molecule has 1 aromatic carbocycles. The van der Waals surface area contributed by atoms with E-state index in [1.165, 1.54) is 23.6 Å². The number of carbonyl (C=O) groups is 2. The number of ketones is 1. The minimum absolute atomic E-state index is 0.111. The molecule has 11 atom stereocenters. The highest BCUT2D eigenvalue weighted by Crippen LogP contribution is 2.66. The first-order chi connectivity index (χ1) is 22.4. The lowest BCUT2D eigenvalue weighted by atomic mass is 9.50. The van der Waals surface area contributed by atoms with Crippen molar-refractivity contribution in [3.05, 3.63) is 41.0 Å². The normalized spacial score (nSPS) is 44.3. The molecule has 0 heterocycles. The number of aromatic hydroxyl groups is 1. The number of phenolic OH excluding ortho intramolecular Hbond substituents is 1. The van der Waals surface area contributed by atoms with Crippen LogP contribution < -0.4 is 0 Å². The van der Waals surface area contributed by atoms with Gasteiger partial charge in [0.25, 0.3) is 0 Å². The molecule has 2 N–H and O–H groups in total. The van der Waals surface area contributed by atoms with E-state index in [-0.39, 0.29) is 16.8 Å². The van der Waals surface area contributed by atoms with Crippen molar-refractivity contribution in [3.8, 4) is 30.4 Å². The summed E-state index contributed by atoms with van der Waals surface area (Å²) in [6.07, 6.45) is 27.6. The Hall–Kier alpha value is -3.02. The summed E-state index contributed by atoms with van der Waals surface area (Å²) in [4.78, 5) is 23.5. The predicted octanol–water partition coefficient (Wildman–Crippen LogP) is 7.68. The first-order valence-corrected chi connectivity index (χ1v) is 18.3. The minimum atomic E-state index is -0.919. The molecule has 0 radical (unpaired) electrons. The van der Waals surface area contributed by atoms with Gasteiger partial charge in [0.1, 0.15) is 11.4 Å². The van der Waals surface area contributed by atoms with Crippen LogP contribution in [0.15, 0.2) is 29.8 Å². The van der Waals surface area contributed by atoms with Crippen LogP contribution in [0.4, 0.5) is 0 Å². The molecule has 0 spiro atoms. The molecule has 5 saturated carbocycles. The quantitative estimate of drug-likeness (QED) is 0.244. The second-order valence-corrected chi connectivity index (χ2v) is 16.7. The molecule has 5 fully saturated rings. The number of allylic oxidation sites excluding steroid dienone is 1. The van der Waals surface area contributed by atoms with Crippen LogP contribution in [0.5, 0.6) is 5.75 Å². The second-order valence-electron chi connectivity index (χ2n) is 16.7. The third kappa shape index (κ3) is 4.85. The van der Waals surface area contributed by atoms with Crippen LogP contribution in [0, 0.1) is 71.0 Å². The van der Waals surface area contributed by atoms with E-state index < -0.39 is 11.2 Å². The van der Waals surface area contributed by atoms with E-state index in [0.29, 0.717) is 59.4 Å². The van der Waals surface area contributed by atoms with Gasteiger partial charge in [-0.05, 0) is 154 Å². The van der Waals surface area contributed by atoms with Crippen LogP contribution in [-0.2, 0) is 20.7 Å². The summed E-state index contributed by atoms with van der Waals surface area (Å²) in [5.74, 6) is 10.2. The lowest BCUT2D eigenvalue weighted by Crippen LogP contribution is -2.53. The molecule has 0 saturated heterocycles. The minimum Gasteiger partial charge on any atom is -0.508 e. The average molecular weight is 637 g/mol. The predicted molar refractivity (Wildman–Crippen MR) is 182 cm³/mol. The number of carbonyl (C=O) groups excluding carboxylic acids is 2. The molecule has 0 aromatic heterocycles. The van der Waals surface area contributed by atoms with Crippen LogP contribution in [0.1, 0.15) is 121 Å². The van der Waals surface area contributed by atoms with E-state index >= 15 is 0 Å². The maximum atomic E-state index is 11.8. The summed E-state index contributed by atoms with van der Waals surface area (Å²) in [6.45, 7) is 5.95. The fourth-order valence-corrected chi connectivity index (χ4v) is 12.7. The molecular formula is C42H52O5. The third-order valence-electron chi connectivity index (χ3n) is 15.1. The van der Waals surface area contributed by atoms with Gasteiger partial charge in [-0.1, -0.05) is 37.3 Å². The molecule has 8 rings (SSSR count). The summed E-state index contributed by atoms with van der Waals surface area (Å²) in [5, 5.41) is 20.6. The largest absolute Gasteiger partial charge is 0.508 e. The summed E-state index contributed by atoms with van der Waals surface area (Å²) >= 11 is 0. The molecule has 7 aliphatic rings. The smallest absolute Gasteiger partial charge is 0.304 e. The third-order valence-corrected chi connectivity index (χ3v) is 15.1. The van der Waals surface area contributed by atoms with Crippen LogP contribution in [0.25, 0.3) is 0 Å². The van der Waals surface area contributed by atoms with Gasteiger partial charge in [-0.3, -0.25) is 9.59 Å². The van der Waals surface area contributed by atoms with Gasteiger partial charge < -0.3 is 14.9 Å². The number of terminal acetylenes is 2. The Balaban J connectivity index is 0.000000151. The fourth-order valence-electron chi connectivity index (χ4n) is 12.7. The van der Waals surface area contributed by atoms with Crippen molar-refractivity contribution in [3.63, 3.8) is 0 Å². The molecule has 0 bridgehead atoms. The number of rotatable bonds is 1. The van der Waals surface area contributed by atoms with Crippen molar-refractivity contribution in [1.29, 1.82) is 0 Å². The monoisotopic (exact) mass is 636 g/mol. The summed E-state index contributed by atoms with van der Waals surface area (Å²) in [6, 6.07) is 5.87. The lowest BCUT2D eigenvalue weighted by molar-refractivity contribution is -0.167. The van der Waals surface area contributed by atoms with Crippen molar-refractivity contribution in [1.82, 2.24) is 0 Å². The fraction of sp³-hybridized carbons (Fsp3) is 0.667. The number of aryl methyl sites for hydroxylation is 1. The first-order valence-electron chi connectivity index (χ1n) is 18.3. The zero-order chi connectivity index (χ0) is 33.4. The highest BCUT2D eigenvalue weighted by molar-refractivity contribution is 5.91. The maximum Gasteiger partial charge on any atom is 0.304 e. The van der Waals surface area contributed by atoms with Gasteiger partial charge in [0.2, 0.25) is 0 Å². The SMILES string of the molecule is C#C[C@]1(O)CC[C@H]2[C@@H]3CCc4cc(O)ccc4[C@H]3CC[C@@]21C.C#C[C@]1(OC(C)=O)CC[C@H]2[C@@H]3CCC4=CC(=O)CCC4[C@H]3CC[C@@]21C. The Bertz CT molecular complexity index is 1580. The van der Waals surface area contributed by atoms with Crippen LogP contribution in [0.2, 0.25) is 0 Å². The molecule has 0 amide bonds. The molecule has 250 valence electrons. The number of hydrogen-bond acceptors (Lipinski definition) is 5. The molecule has 1 unspecified atom stereocenters. The van der Waals surface area contributed by atoms with E-state index in [0.717, 1.165) is 83.5 Å². The van der Waals surface area contributed by atoms with Crippen molar-refractivity contribution in [2.45, 2.75) is 128 Å². The number of phenols is 1. The van der Waals surface area contributed by atoms with Crippen LogP contribution >= 0.6 is 0 Å². The van der Waals surface area contributed by atoms with Gasteiger partial charge in [-0.2, -0.15) is 0 Å². The van der Waals surface area contributed by atoms with Gasteiger partial charge in [0, 0.05) is 24.2 Å². The zero-order valence-electron chi connectivity index (χ0n) is 28.5. The molecule has 47 heavy (non-hydrogen) atoms. The number of esters is 1. The lowest BCUT2D eigenvalue weighted by Gasteiger charge is -2.55. The first kappa shape index (κ1) is 32.5. The number of aliphatic hydroxyl groups is 1. The molecule has 7 aliphatic carbocycles. The van der Waals surface area contributed by atoms with E-state index in [1.54, 1.807) is 0 Å². The Labute approximate surface area is 281 Å². The zero-order valence-corrected chi connectivity index (χ0v) is 28.5. The Morgan fingerprint density at radius 2 is 1.55 bits per heavy atom. The van der Waals surface area contributed by atoms with Gasteiger partial charge >= 0.3 is 5.97 Å². The van der Waals surface area contributed by atoms with Crippen LogP contribution in [0.3, 0.4) is 0 Å². The van der Waals surface area contributed by atoms with E-state index in [4.69, 9.17) is 17.6 Å². The van der Waals surface area contributed by atoms with Crippen molar-refractivity contribution in [2.75, 3.05) is 0 Å². The van der Waals surface area contributed by atoms with Crippen molar-refractivity contribution >= 4 is 11.8 Å². The topological polar surface area (TPSA) is 83.8 Å². The molecule has 1 aromatic rings. The van der Waals surface area contributed by atoms with Crippen LogP contribution in [-0.4, -0.2) is 33.2 Å². The number of fused-ring (bicyclic) bond motifs is 10. The van der Waals surface area contributed by atoms with Gasteiger partial charge in [-0.25, -0.2) is 0 Å². The van der Waals surface area contributed by atoms with E-state index in [2.05, 4.69) is 31.8 Å². The molecule has 5 heteroatoms. The maximum absolute atomic E-state index is 11.8. The van der Waals surface area contributed by atoms with Crippen molar-refractivity contribution < 1.29 is 24.5 Å². The number of hydrogen-bond donors (Lipinski definition) is 2. The number of benzene rings is 1.